The first kappa shape index (κ1) is 12.4. The van der Waals surface area contributed by atoms with E-state index in [-0.39, 0.29) is 10.6 Å². The molecule has 0 atom stereocenters. The Balaban J connectivity index is 2.09. The predicted molar refractivity (Wildman–Crippen MR) is 68.9 cm³/mol. The fourth-order valence-electron chi connectivity index (χ4n) is 1.55. The Kier molecular flexibility index (Phi) is 3.53. The average Bonchev–Trinajstić information content (AvgIpc) is 2.72. The molecular formula is C12H12ClN3O2. The summed E-state index contributed by atoms with van der Waals surface area (Å²) in [6.45, 7) is 0.548. The van der Waals surface area contributed by atoms with E-state index in [1.54, 1.807) is 18.3 Å². The number of aromatic nitrogens is 2. The lowest BCUT2D eigenvalue weighted by atomic mass is 10.2. The van der Waals surface area contributed by atoms with Crippen molar-refractivity contribution in [3.8, 4) is 0 Å². The maximum absolute atomic E-state index is 10.8. The van der Waals surface area contributed by atoms with Gasteiger partial charge in [-0.3, -0.25) is 0 Å². The number of rotatable bonds is 4. The molecule has 0 saturated carbocycles. The van der Waals surface area contributed by atoms with Gasteiger partial charge in [0, 0.05) is 25.1 Å². The molecule has 0 amide bonds. The summed E-state index contributed by atoms with van der Waals surface area (Å²) >= 11 is 5.87. The Bertz CT molecular complexity index is 580. The Morgan fingerprint density at radius 1 is 1.56 bits per heavy atom. The number of aromatic carboxylic acids is 1. The molecule has 0 fully saturated rings. The van der Waals surface area contributed by atoms with Crippen molar-refractivity contribution in [3.05, 3.63) is 47.0 Å². The van der Waals surface area contributed by atoms with Gasteiger partial charge in [-0.2, -0.15) is 0 Å². The van der Waals surface area contributed by atoms with Gasteiger partial charge in [0.15, 0.2) is 0 Å². The normalized spacial score (nSPS) is 10.3. The van der Waals surface area contributed by atoms with Crippen LogP contribution in [0.3, 0.4) is 0 Å². The molecule has 0 unspecified atom stereocenters. The van der Waals surface area contributed by atoms with Crippen LogP contribution < -0.4 is 5.32 Å². The first-order chi connectivity index (χ1) is 8.58. The van der Waals surface area contributed by atoms with Crippen LogP contribution in [0.15, 0.2) is 30.6 Å². The number of hydrogen-bond donors (Lipinski definition) is 2. The van der Waals surface area contributed by atoms with E-state index in [1.165, 1.54) is 6.07 Å². The highest BCUT2D eigenvalue weighted by atomic mass is 35.5. The molecule has 0 aliphatic heterocycles. The molecule has 94 valence electrons. The number of halogens is 1. The van der Waals surface area contributed by atoms with E-state index < -0.39 is 5.97 Å². The van der Waals surface area contributed by atoms with Crippen molar-refractivity contribution in [2.75, 3.05) is 5.32 Å². The third kappa shape index (κ3) is 2.62. The van der Waals surface area contributed by atoms with Crippen LogP contribution >= 0.6 is 11.6 Å². The van der Waals surface area contributed by atoms with Crippen molar-refractivity contribution < 1.29 is 9.90 Å². The number of imidazole rings is 1. The van der Waals surface area contributed by atoms with E-state index in [2.05, 4.69) is 10.3 Å². The molecule has 2 N–H and O–H groups in total. The lowest BCUT2D eigenvalue weighted by molar-refractivity contribution is 0.0697. The van der Waals surface area contributed by atoms with E-state index in [0.717, 1.165) is 11.5 Å². The summed E-state index contributed by atoms with van der Waals surface area (Å²) in [5.41, 5.74) is 0.854. The number of benzene rings is 1. The second-order valence-corrected chi connectivity index (χ2v) is 4.21. The highest BCUT2D eigenvalue weighted by molar-refractivity contribution is 6.33. The van der Waals surface area contributed by atoms with Crippen LogP contribution in [0.5, 0.6) is 0 Å². The molecule has 6 heteroatoms. The molecule has 0 bridgehead atoms. The maximum Gasteiger partial charge on any atom is 0.337 e. The number of aryl methyl sites for hydroxylation is 1. The summed E-state index contributed by atoms with van der Waals surface area (Å²) in [5.74, 6) is -0.149. The van der Waals surface area contributed by atoms with Crippen LogP contribution in [0.1, 0.15) is 16.2 Å². The van der Waals surface area contributed by atoms with Crippen LogP contribution in [0.2, 0.25) is 5.02 Å². The zero-order valence-corrected chi connectivity index (χ0v) is 10.5. The van der Waals surface area contributed by atoms with Crippen LogP contribution in [-0.2, 0) is 13.6 Å². The van der Waals surface area contributed by atoms with Crippen LogP contribution in [0, 0.1) is 0 Å². The molecule has 2 aromatic rings. The summed E-state index contributed by atoms with van der Waals surface area (Å²) < 4.78 is 1.90. The summed E-state index contributed by atoms with van der Waals surface area (Å²) in [7, 11) is 1.91. The number of carboxylic acid groups (broad SMARTS) is 1. The van der Waals surface area contributed by atoms with E-state index >= 15 is 0 Å². The Labute approximate surface area is 109 Å². The molecule has 0 aliphatic rings. The summed E-state index contributed by atoms with van der Waals surface area (Å²) in [6, 6.07) is 4.75. The fraction of sp³-hybridized carbons (Fsp3) is 0.167. The number of anilines is 1. The number of hydrogen-bond acceptors (Lipinski definition) is 3. The van der Waals surface area contributed by atoms with E-state index in [1.807, 2.05) is 17.8 Å². The van der Waals surface area contributed by atoms with Gasteiger partial charge in [-0.25, -0.2) is 9.78 Å². The van der Waals surface area contributed by atoms with Gasteiger partial charge in [-0.15, -0.1) is 0 Å². The molecule has 1 heterocycles. The van der Waals surface area contributed by atoms with Crippen molar-refractivity contribution in [2.45, 2.75) is 6.54 Å². The second kappa shape index (κ2) is 5.10. The topological polar surface area (TPSA) is 67.2 Å². The lowest BCUT2D eigenvalue weighted by Gasteiger charge is -2.08. The molecule has 0 aliphatic carbocycles. The highest BCUT2D eigenvalue weighted by Gasteiger charge is 2.08. The first-order valence-electron chi connectivity index (χ1n) is 5.31. The maximum atomic E-state index is 10.8. The van der Waals surface area contributed by atoms with Gasteiger partial charge in [-0.1, -0.05) is 11.6 Å². The van der Waals surface area contributed by atoms with Crippen molar-refractivity contribution in [3.63, 3.8) is 0 Å². The first-order valence-corrected chi connectivity index (χ1v) is 5.68. The molecular weight excluding hydrogens is 254 g/mol. The lowest BCUT2D eigenvalue weighted by Crippen LogP contribution is -2.06. The minimum absolute atomic E-state index is 0.0965. The number of nitrogens with one attached hydrogen (secondary N) is 1. The van der Waals surface area contributed by atoms with Crippen LogP contribution in [-0.4, -0.2) is 20.6 Å². The van der Waals surface area contributed by atoms with Gasteiger partial charge in [-0.05, 0) is 18.2 Å². The Morgan fingerprint density at radius 2 is 2.33 bits per heavy atom. The smallest absolute Gasteiger partial charge is 0.337 e. The summed E-state index contributed by atoms with van der Waals surface area (Å²) in [4.78, 5) is 15.0. The molecule has 18 heavy (non-hydrogen) atoms. The highest BCUT2D eigenvalue weighted by Crippen LogP contribution is 2.21. The van der Waals surface area contributed by atoms with Gasteiger partial charge >= 0.3 is 5.97 Å². The van der Waals surface area contributed by atoms with Crippen LogP contribution in [0.25, 0.3) is 0 Å². The van der Waals surface area contributed by atoms with Gasteiger partial charge in [0.25, 0.3) is 0 Å². The van der Waals surface area contributed by atoms with Crippen molar-refractivity contribution in [1.29, 1.82) is 0 Å². The van der Waals surface area contributed by atoms with E-state index in [4.69, 9.17) is 16.7 Å². The third-order valence-electron chi connectivity index (χ3n) is 2.57. The largest absolute Gasteiger partial charge is 0.478 e. The summed E-state index contributed by atoms with van der Waals surface area (Å²) in [6.07, 6.45) is 3.58. The Morgan fingerprint density at radius 3 is 2.89 bits per heavy atom. The molecule has 1 aromatic carbocycles. The minimum Gasteiger partial charge on any atom is -0.478 e. The second-order valence-electron chi connectivity index (χ2n) is 3.81. The van der Waals surface area contributed by atoms with E-state index in [0.29, 0.717) is 6.54 Å². The van der Waals surface area contributed by atoms with Crippen molar-refractivity contribution in [1.82, 2.24) is 9.55 Å². The molecule has 1 aromatic heterocycles. The molecule has 0 spiro atoms. The molecule has 0 radical (unpaired) electrons. The predicted octanol–water partition coefficient (Wildman–Crippen LogP) is 2.38. The zero-order chi connectivity index (χ0) is 13.1. The Hall–Kier alpha value is -2.01. The monoisotopic (exact) mass is 265 g/mol. The molecule has 0 saturated heterocycles. The van der Waals surface area contributed by atoms with Gasteiger partial charge < -0.3 is 15.0 Å². The standard InChI is InChI=1S/C12H12ClN3O2/c1-16-5-4-14-11(16)7-15-8-2-3-9(12(17)18)10(13)6-8/h2-6,15H,7H2,1H3,(H,17,18). The zero-order valence-electron chi connectivity index (χ0n) is 9.72. The van der Waals surface area contributed by atoms with Crippen LogP contribution in [0.4, 0.5) is 5.69 Å². The minimum atomic E-state index is -1.03. The molecule has 5 nitrogen and oxygen atoms in total. The van der Waals surface area contributed by atoms with Gasteiger partial charge in [0.05, 0.1) is 17.1 Å². The van der Waals surface area contributed by atoms with Gasteiger partial charge in [0.1, 0.15) is 5.82 Å². The summed E-state index contributed by atoms with van der Waals surface area (Å²) in [5, 5.41) is 12.2. The van der Waals surface area contributed by atoms with Crippen molar-refractivity contribution >= 4 is 23.3 Å². The van der Waals surface area contributed by atoms with E-state index in [9.17, 15) is 4.79 Å². The SMILES string of the molecule is Cn1ccnc1CNc1ccc(C(=O)O)c(Cl)c1. The quantitative estimate of drug-likeness (QED) is 0.891. The number of nitrogens with zero attached hydrogens (tertiary/aromatic N) is 2. The third-order valence-corrected chi connectivity index (χ3v) is 2.88. The number of carbonyl (C=O) groups is 1. The number of carboxylic acids is 1. The van der Waals surface area contributed by atoms with Gasteiger partial charge in [0.2, 0.25) is 0 Å². The average molecular weight is 266 g/mol. The molecule has 2 rings (SSSR count). The van der Waals surface area contributed by atoms with Crippen molar-refractivity contribution in [2.24, 2.45) is 7.05 Å². The fourth-order valence-corrected chi connectivity index (χ4v) is 1.81.